The molecule has 1 saturated heterocycles. The zero-order valence-electron chi connectivity index (χ0n) is 18.4. The Hall–Kier alpha value is -2.37. The van der Waals surface area contributed by atoms with Gasteiger partial charge in [0.2, 0.25) is 0 Å². The average Bonchev–Trinajstić information content (AvgIpc) is 2.77. The van der Waals surface area contributed by atoms with E-state index in [0.29, 0.717) is 38.2 Å². The summed E-state index contributed by atoms with van der Waals surface area (Å²) >= 11 is 0. The first-order valence-corrected chi connectivity index (χ1v) is 11.4. The van der Waals surface area contributed by atoms with Crippen LogP contribution in [0.15, 0.2) is 42.5 Å². The molecule has 0 unspecified atom stereocenters. The van der Waals surface area contributed by atoms with E-state index in [0.717, 1.165) is 36.1 Å². The molecule has 2 aromatic rings. The van der Waals surface area contributed by atoms with Gasteiger partial charge in [-0.2, -0.15) is 0 Å². The minimum Gasteiger partial charge on any atom is -0.504 e. The first-order chi connectivity index (χ1) is 15.0. The van der Waals surface area contributed by atoms with Crippen LogP contribution in [0.1, 0.15) is 49.3 Å². The minimum atomic E-state index is -0.501. The number of ketones is 1. The van der Waals surface area contributed by atoms with Crippen LogP contribution in [0.4, 0.5) is 0 Å². The number of phenols is 1. The number of hydrogen-bond donors (Lipinski definition) is 1. The molecule has 0 amide bonds. The summed E-state index contributed by atoms with van der Waals surface area (Å²) in [7, 11) is 2.16. The molecule has 5 nitrogen and oxygen atoms in total. The predicted octanol–water partition coefficient (Wildman–Crippen LogP) is 4.00. The van der Waals surface area contributed by atoms with Crippen LogP contribution < -0.4 is 4.74 Å². The number of piperidine rings is 1. The first-order valence-electron chi connectivity index (χ1n) is 11.4. The lowest BCUT2D eigenvalue weighted by Crippen LogP contribution is -2.73. The highest BCUT2D eigenvalue weighted by Crippen LogP contribution is 2.61. The molecule has 5 heteroatoms. The van der Waals surface area contributed by atoms with Crippen molar-refractivity contribution in [1.82, 2.24) is 4.90 Å². The van der Waals surface area contributed by atoms with Gasteiger partial charge in [0.05, 0.1) is 5.60 Å². The number of aromatic hydroxyl groups is 1. The molecule has 164 valence electrons. The quantitative estimate of drug-likeness (QED) is 0.791. The molecule has 5 rings (SSSR count). The van der Waals surface area contributed by atoms with Gasteiger partial charge in [-0.1, -0.05) is 36.4 Å². The molecule has 0 radical (unpaired) electrons. The molecule has 2 aromatic carbocycles. The zero-order chi connectivity index (χ0) is 21.6. The normalized spacial score (nSPS) is 29.9. The predicted molar refractivity (Wildman–Crippen MR) is 119 cm³/mol. The number of hydrogen-bond acceptors (Lipinski definition) is 5. The van der Waals surface area contributed by atoms with Gasteiger partial charge in [-0.3, -0.25) is 4.79 Å². The largest absolute Gasteiger partial charge is 0.504 e. The molecular weight excluding hydrogens is 390 g/mol. The standard InChI is InChI=1S/C26H31NO4/c1-3-31-26-12-11-20(28)16-25(26)13-14-27(2)22(26)15-19-9-10-21(24(29)23(19)25)30-17-18-7-5-4-6-8-18/h4-10,22,29H,3,11-17H2,1-2H3/t22-,25+,26+/m0/s1. The van der Waals surface area contributed by atoms with Gasteiger partial charge < -0.3 is 19.5 Å². The van der Waals surface area contributed by atoms with Crippen molar-refractivity contribution in [1.29, 1.82) is 0 Å². The van der Waals surface area contributed by atoms with E-state index < -0.39 is 11.0 Å². The molecule has 1 saturated carbocycles. The van der Waals surface area contributed by atoms with Gasteiger partial charge >= 0.3 is 0 Å². The van der Waals surface area contributed by atoms with Crippen molar-refractivity contribution in [3.63, 3.8) is 0 Å². The smallest absolute Gasteiger partial charge is 0.161 e. The molecule has 0 spiro atoms. The minimum absolute atomic E-state index is 0.190. The highest BCUT2D eigenvalue weighted by Gasteiger charge is 2.66. The number of carbonyl (C=O) groups excluding carboxylic acids is 1. The van der Waals surface area contributed by atoms with Gasteiger partial charge in [0.1, 0.15) is 12.4 Å². The molecular formula is C26H31NO4. The number of nitrogens with zero attached hydrogens (tertiary/aromatic N) is 1. The lowest BCUT2D eigenvalue weighted by atomic mass is 9.49. The molecule has 1 heterocycles. The molecule has 1 aliphatic heterocycles. The van der Waals surface area contributed by atoms with Crippen LogP contribution in [0, 0.1) is 0 Å². The van der Waals surface area contributed by atoms with E-state index in [1.807, 2.05) is 43.3 Å². The Morgan fingerprint density at radius 3 is 2.74 bits per heavy atom. The van der Waals surface area contributed by atoms with E-state index in [4.69, 9.17) is 9.47 Å². The van der Waals surface area contributed by atoms with E-state index in [1.54, 1.807) is 0 Å². The summed E-state index contributed by atoms with van der Waals surface area (Å²) < 4.78 is 12.6. The third-order valence-corrected chi connectivity index (χ3v) is 7.80. The van der Waals surface area contributed by atoms with Crippen molar-refractivity contribution in [2.24, 2.45) is 0 Å². The number of benzene rings is 2. The van der Waals surface area contributed by atoms with Crippen LogP contribution in [0.3, 0.4) is 0 Å². The molecule has 3 aliphatic rings. The maximum atomic E-state index is 12.8. The second-order valence-corrected chi connectivity index (χ2v) is 9.29. The summed E-state index contributed by atoms with van der Waals surface area (Å²) in [6, 6.07) is 14.1. The summed E-state index contributed by atoms with van der Waals surface area (Å²) in [5.41, 5.74) is 2.11. The van der Waals surface area contributed by atoms with E-state index in [9.17, 15) is 9.90 Å². The maximum absolute atomic E-state index is 12.8. The number of ether oxygens (including phenoxy) is 2. The second kappa shape index (κ2) is 7.64. The van der Waals surface area contributed by atoms with Crippen molar-refractivity contribution in [2.75, 3.05) is 20.2 Å². The Morgan fingerprint density at radius 2 is 1.97 bits per heavy atom. The van der Waals surface area contributed by atoms with Crippen LogP contribution in [0.2, 0.25) is 0 Å². The van der Waals surface area contributed by atoms with E-state index in [1.165, 1.54) is 0 Å². The monoisotopic (exact) mass is 421 g/mol. The van der Waals surface area contributed by atoms with Crippen molar-refractivity contribution < 1.29 is 19.4 Å². The molecule has 2 fully saturated rings. The fraction of sp³-hybridized carbons (Fsp3) is 0.500. The first kappa shape index (κ1) is 20.5. The Morgan fingerprint density at radius 1 is 1.16 bits per heavy atom. The van der Waals surface area contributed by atoms with Gasteiger partial charge in [-0.15, -0.1) is 0 Å². The van der Waals surface area contributed by atoms with Crippen molar-refractivity contribution in [3.8, 4) is 11.5 Å². The number of Topliss-reactive ketones (excluding diaryl/α,β-unsaturated/α-hetero) is 1. The lowest BCUT2D eigenvalue weighted by Gasteiger charge is -2.64. The third-order valence-electron chi connectivity index (χ3n) is 7.80. The molecule has 2 aliphatic carbocycles. The molecule has 0 aromatic heterocycles. The Labute approximate surface area is 184 Å². The van der Waals surface area contributed by atoms with E-state index in [-0.39, 0.29) is 17.6 Å². The fourth-order valence-corrected chi connectivity index (χ4v) is 6.49. The van der Waals surface area contributed by atoms with Crippen LogP contribution in [-0.4, -0.2) is 47.6 Å². The summed E-state index contributed by atoms with van der Waals surface area (Å²) in [6.07, 6.45) is 3.30. The van der Waals surface area contributed by atoms with Crippen molar-refractivity contribution in [3.05, 3.63) is 59.2 Å². The maximum Gasteiger partial charge on any atom is 0.161 e. The van der Waals surface area contributed by atoms with E-state index >= 15 is 0 Å². The van der Waals surface area contributed by atoms with Crippen LogP contribution in [0.25, 0.3) is 0 Å². The molecule has 1 N–H and O–H groups in total. The van der Waals surface area contributed by atoms with Gasteiger partial charge in [0.25, 0.3) is 0 Å². The third kappa shape index (κ3) is 3.01. The molecule has 3 atom stereocenters. The van der Waals surface area contributed by atoms with Crippen molar-refractivity contribution >= 4 is 5.78 Å². The number of likely N-dealkylation sites (tertiary alicyclic amines) is 1. The van der Waals surface area contributed by atoms with Gasteiger partial charge in [0.15, 0.2) is 11.5 Å². The fourth-order valence-electron chi connectivity index (χ4n) is 6.49. The number of carbonyl (C=O) groups is 1. The summed E-state index contributed by atoms with van der Waals surface area (Å²) in [5.74, 6) is 0.939. The SMILES string of the molecule is CCO[C@@]12CCC(=O)C[C@@]13CCN(C)[C@H]2Cc1ccc(OCc2ccccc2)c(O)c13. The Kier molecular flexibility index (Phi) is 5.06. The topological polar surface area (TPSA) is 59.0 Å². The second-order valence-electron chi connectivity index (χ2n) is 9.29. The molecule has 2 bridgehead atoms. The van der Waals surface area contributed by atoms with Crippen LogP contribution in [-0.2, 0) is 28.0 Å². The number of rotatable bonds is 5. The Balaban J connectivity index is 1.61. The number of phenolic OH excluding ortho intramolecular Hbond substituents is 1. The van der Waals surface area contributed by atoms with Crippen LogP contribution in [0.5, 0.6) is 11.5 Å². The van der Waals surface area contributed by atoms with Crippen molar-refractivity contribution in [2.45, 2.75) is 62.7 Å². The van der Waals surface area contributed by atoms with E-state index in [2.05, 4.69) is 18.0 Å². The number of fused-ring (bicyclic) bond motifs is 1. The average molecular weight is 422 g/mol. The Bertz CT molecular complexity index is 990. The van der Waals surface area contributed by atoms with Gasteiger partial charge in [-0.25, -0.2) is 0 Å². The zero-order valence-corrected chi connectivity index (χ0v) is 18.4. The molecule has 31 heavy (non-hydrogen) atoms. The van der Waals surface area contributed by atoms with Crippen LogP contribution >= 0.6 is 0 Å². The summed E-state index contributed by atoms with van der Waals surface area (Å²) in [5, 5.41) is 11.5. The summed E-state index contributed by atoms with van der Waals surface area (Å²) in [6.45, 7) is 3.91. The lowest BCUT2D eigenvalue weighted by molar-refractivity contribution is -0.194. The van der Waals surface area contributed by atoms with Gasteiger partial charge in [-0.05, 0) is 57.0 Å². The summed E-state index contributed by atoms with van der Waals surface area (Å²) in [4.78, 5) is 15.2. The number of likely N-dealkylation sites (N-methyl/N-ethyl adjacent to an activating group) is 1. The highest BCUT2D eigenvalue weighted by molar-refractivity contribution is 5.83. The van der Waals surface area contributed by atoms with Gasteiger partial charge in [0, 0.05) is 36.5 Å². The highest BCUT2D eigenvalue weighted by atomic mass is 16.5.